The monoisotopic (exact) mass is 1240 g/mol. The number of aliphatic hydroxyl groups excluding tert-OH is 1. The normalized spacial score (nSPS) is 14.0. The molecule has 87 heavy (non-hydrogen) atoms. The Morgan fingerprint density at radius 3 is 0.966 bits per heavy atom. The number of aliphatic hydroxyl groups is 1. The molecule has 0 saturated carbocycles. The lowest BCUT2D eigenvalue weighted by Crippen LogP contribution is -2.60. The molecule has 31 nitrogen and oxygen atoms in total. The lowest BCUT2D eigenvalue weighted by molar-refractivity contribution is -0.135. The number of alkyl carbamates (subject to hydrolysis) is 4. The highest BCUT2D eigenvalue weighted by Crippen LogP contribution is 2.12. The topological polar surface area (TPSA) is 435 Å². The van der Waals surface area contributed by atoms with E-state index >= 15 is 0 Å². The molecule has 7 unspecified atom stereocenters. The van der Waals surface area contributed by atoms with Crippen LogP contribution in [0.15, 0.2) is 0 Å². The van der Waals surface area contributed by atoms with Gasteiger partial charge in [0, 0.05) is 39.1 Å². The zero-order valence-corrected chi connectivity index (χ0v) is 53.9. The fourth-order valence-corrected chi connectivity index (χ4v) is 7.36. The molecule has 0 aromatic carbocycles. The molecule has 0 aliphatic heterocycles. The van der Waals surface area contributed by atoms with E-state index in [-0.39, 0.29) is 77.2 Å². The predicted octanol–water partition coefficient (Wildman–Crippen LogP) is 0.150. The van der Waals surface area contributed by atoms with Crippen LogP contribution in [0.25, 0.3) is 0 Å². The molecule has 7 atom stereocenters. The number of rotatable bonds is 34. The summed E-state index contributed by atoms with van der Waals surface area (Å²) in [6, 6.07) is -8.67. The van der Waals surface area contributed by atoms with Gasteiger partial charge < -0.3 is 93.2 Å². The van der Waals surface area contributed by atoms with Gasteiger partial charge in [-0.15, -0.1) is 0 Å². The fourth-order valence-electron chi connectivity index (χ4n) is 7.36. The SMILES string of the molecule is CCCC(=O)NC(CCNC(=O)OC(C)(C)C)C(=O)NCC(=O)NC(CCNC(=O)OC(C)(C)C)C(=O)NCC(=O)NC(CC(C)C)C(=O)NC(CCNC(=O)OC(C)(C)C)C(=O)NC(CCNC(=O)OC(C)(C)C)C(=O)NC(C(=O)NCC)C(C)O. The van der Waals surface area contributed by atoms with E-state index in [1.807, 2.05) is 0 Å². The molecule has 498 valence electrons. The van der Waals surface area contributed by atoms with Gasteiger partial charge >= 0.3 is 24.4 Å². The van der Waals surface area contributed by atoms with Crippen molar-refractivity contribution >= 4 is 77.5 Å². The Balaban J connectivity index is 6.76. The Morgan fingerprint density at radius 1 is 0.368 bits per heavy atom. The molecule has 0 aliphatic carbocycles. The first-order chi connectivity index (χ1) is 40.0. The second-order valence-corrected chi connectivity index (χ2v) is 24.8. The number of amides is 13. The number of likely N-dealkylation sites (N-methyl/N-ethyl adjacent to an activating group) is 1. The maximum absolute atomic E-state index is 14.3. The van der Waals surface area contributed by atoms with Crippen molar-refractivity contribution in [2.45, 2.75) is 227 Å². The lowest BCUT2D eigenvalue weighted by Gasteiger charge is -2.28. The van der Waals surface area contributed by atoms with E-state index in [2.05, 4.69) is 69.1 Å². The van der Waals surface area contributed by atoms with Crippen molar-refractivity contribution in [2.75, 3.05) is 45.8 Å². The number of hydrogen-bond donors (Lipinski definition) is 14. The molecule has 13 amide bonds. The van der Waals surface area contributed by atoms with Crippen molar-refractivity contribution in [1.29, 1.82) is 0 Å². The molecule has 0 rings (SSSR count). The summed E-state index contributed by atoms with van der Waals surface area (Å²) in [5.74, 6) is -7.96. The van der Waals surface area contributed by atoms with Crippen molar-refractivity contribution in [3.8, 4) is 0 Å². The fraction of sp³-hybridized carbons (Fsp3) is 0.768. The highest BCUT2D eigenvalue weighted by molar-refractivity contribution is 5.97. The Bertz CT molecular complexity index is 2310. The first-order valence-electron chi connectivity index (χ1n) is 29.2. The average Bonchev–Trinajstić information content (AvgIpc) is 3.50. The van der Waals surface area contributed by atoms with Gasteiger partial charge in [-0.3, -0.25) is 43.2 Å². The highest BCUT2D eigenvalue weighted by Gasteiger charge is 2.34. The van der Waals surface area contributed by atoms with Crippen LogP contribution in [0.2, 0.25) is 0 Å². The molecule has 0 radical (unpaired) electrons. The van der Waals surface area contributed by atoms with Crippen LogP contribution in [-0.2, 0) is 62.1 Å². The lowest BCUT2D eigenvalue weighted by atomic mass is 10.0. The highest BCUT2D eigenvalue weighted by atomic mass is 16.6. The van der Waals surface area contributed by atoms with E-state index in [0.717, 1.165) is 0 Å². The van der Waals surface area contributed by atoms with Gasteiger partial charge in [-0.05, 0) is 141 Å². The summed E-state index contributed by atoms with van der Waals surface area (Å²) in [5, 5.41) is 42.8. The number of ether oxygens (including phenoxy) is 4. The molecule has 0 aromatic rings. The van der Waals surface area contributed by atoms with Gasteiger partial charge in [-0.1, -0.05) is 20.8 Å². The minimum absolute atomic E-state index is 0.0396. The van der Waals surface area contributed by atoms with Gasteiger partial charge in [0.15, 0.2) is 0 Å². The molecule has 0 saturated heterocycles. The molecule has 0 aromatic heterocycles. The number of carbonyl (C=O) groups is 13. The van der Waals surface area contributed by atoms with E-state index in [4.69, 9.17) is 18.9 Å². The molecule has 14 N–H and O–H groups in total. The summed E-state index contributed by atoms with van der Waals surface area (Å²) >= 11 is 0. The van der Waals surface area contributed by atoms with E-state index < -0.39 is 155 Å². The maximum Gasteiger partial charge on any atom is 0.407 e. The summed E-state index contributed by atoms with van der Waals surface area (Å²) in [5.41, 5.74) is -3.50. The molecule has 0 aliphatic rings. The average molecular weight is 1240 g/mol. The molecule has 0 bridgehead atoms. The third-order valence-electron chi connectivity index (χ3n) is 11.1. The molecule has 0 heterocycles. The second kappa shape index (κ2) is 38.4. The summed E-state index contributed by atoms with van der Waals surface area (Å²) in [6.07, 6.45) is -5.25. The first kappa shape index (κ1) is 79.3. The molecule has 31 heteroatoms. The quantitative estimate of drug-likeness (QED) is 0.0381. The van der Waals surface area contributed by atoms with E-state index in [1.54, 1.807) is 111 Å². The van der Waals surface area contributed by atoms with Crippen LogP contribution in [0.3, 0.4) is 0 Å². The summed E-state index contributed by atoms with van der Waals surface area (Å²) in [6.45, 7) is 25.5. The van der Waals surface area contributed by atoms with Crippen LogP contribution in [0.1, 0.15) is 163 Å². The summed E-state index contributed by atoms with van der Waals surface area (Å²) in [4.78, 5) is 172. The Hall–Kier alpha value is -7.73. The third kappa shape index (κ3) is 38.8. The van der Waals surface area contributed by atoms with Crippen molar-refractivity contribution in [1.82, 2.24) is 69.1 Å². The van der Waals surface area contributed by atoms with Crippen molar-refractivity contribution in [3.63, 3.8) is 0 Å². The second-order valence-electron chi connectivity index (χ2n) is 24.8. The maximum atomic E-state index is 14.3. The minimum atomic E-state index is -1.57. The largest absolute Gasteiger partial charge is 0.444 e. The van der Waals surface area contributed by atoms with Crippen LogP contribution in [-0.4, -0.2) is 193 Å². The van der Waals surface area contributed by atoms with Gasteiger partial charge in [-0.25, -0.2) is 19.2 Å². The minimum Gasteiger partial charge on any atom is -0.444 e. The van der Waals surface area contributed by atoms with Crippen molar-refractivity contribution in [2.24, 2.45) is 5.92 Å². The van der Waals surface area contributed by atoms with Crippen LogP contribution in [0.5, 0.6) is 0 Å². The number of nitrogens with one attached hydrogen (secondary N) is 13. The van der Waals surface area contributed by atoms with Crippen LogP contribution >= 0.6 is 0 Å². The smallest absolute Gasteiger partial charge is 0.407 e. The zero-order chi connectivity index (χ0) is 67.0. The van der Waals surface area contributed by atoms with Gasteiger partial charge in [0.05, 0.1) is 19.2 Å². The van der Waals surface area contributed by atoms with Gasteiger partial charge in [-0.2, -0.15) is 0 Å². The Kier molecular flexibility index (Phi) is 35.0. The molecule has 0 fully saturated rings. The molecular formula is C56H101N13O18. The van der Waals surface area contributed by atoms with Crippen LogP contribution in [0, 0.1) is 5.92 Å². The molecular weight excluding hydrogens is 1140 g/mol. The number of hydrogen-bond acceptors (Lipinski definition) is 18. The Labute approximate surface area is 510 Å². The van der Waals surface area contributed by atoms with Crippen molar-refractivity contribution in [3.05, 3.63) is 0 Å². The Morgan fingerprint density at radius 2 is 0.667 bits per heavy atom. The van der Waals surface area contributed by atoms with Crippen molar-refractivity contribution < 1.29 is 86.4 Å². The summed E-state index contributed by atoms with van der Waals surface area (Å²) in [7, 11) is 0. The zero-order valence-electron chi connectivity index (χ0n) is 53.9. The van der Waals surface area contributed by atoms with Crippen LogP contribution in [0.4, 0.5) is 19.2 Å². The first-order valence-corrected chi connectivity index (χ1v) is 29.2. The van der Waals surface area contributed by atoms with E-state index in [0.29, 0.717) is 6.42 Å². The van der Waals surface area contributed by atoms with Gasteiger partial charge in [0.2, 0.25) is 53.2 Å². The summed E-state index contributed by atoms with van der Waals surface area (Å²) < 4.78 is 21.1. The van der Waals surface area contributed by atoms with E-state index in [9.17, 15) is 67.4 Å². The number of carbonyl (C=O) groups excluding carboxylic acids is 13. The van der Waals surface area contributed by atoms with E-state index in [1.165, 1.54) is 6.92 Å². The molecule has 0 spiro atoms. The van der Waals surface area contributed by atoms with Gasteiger partial charge in [0.1, 0.15) is 58.7 Å². The predicted molar refractivity (Wildman–Crippen MR) is 318 cm³/mol. The van der Waals surface area contributed by atoms with Gasteiger partial charge in [0.25, 0.3) is 0 Å². The third-order valence-corrected chi connectivity index (χ3v) is 11.1. The standard InChI is InChI=1S/C56H101N13O18/c1-18-20-39(71)64-34(21-25-58-49(80)84-53(6,7)8)43(74)62-30-40(72)65-35(22-26-59-50(81)85-54(9,10)11)44(75)63-31-41(73)66-38(29-32(3)4)47(78)68-36(23-27-60-51(82)86-55(12,13)14)45(76)67-37(24-28-61-52(83)87-56(15,16)17)46(77)69-42(33(5)70)48(79)57-19-2/h32-38,42,70H,18-31H2,1-17H3,(H,57,79)(H,58,80)(H,59,81)(H,60,82)(H,61,83)(H,62,74)(H,63,75)(H,64,71)(H,65,72)(H,66,73)(H,67,76)(H,68,78)(H,69,77). The van der Waals surface area contributed by atoms with Crippen LogP contribution < -0.4 is 69.1 Å².